The van der Waals surface area contributed by atoms with E-state index in [1.54, 1.807) is 0 Å². The highest BCUT2D eigenvalue weighted by atomic mass is 32.1. The average molecular weight is 327 g/mol. The van der Waals surface area contributed by atoms with E-state index < -0.39 is 0 Å². The minimum atomic E-state index is 0.0676. The molecule has 0 unspecified atom stereocenters. The Balaban J connectivity index is 2.08. The Morgan fingerprint density at radius 3 is 2.09 bits per heavy atom. The van der Waals surface area contributed by atoms with E-state index in [0.717, 1.165) is 11.4 Å². The molecule has 0 spiro atoms. The monoisotopic (exact) mass is 326 g/mol. The summed E-state index contributed by atoms with van der Waals surface area (Å²) in [7, 11) is 0. The van der Waals surface area contributed by atoms with Gasteiger partial charge in [-0.25, -0.2) is 0 Å². The standard InChI is InChI=1S/C20H26N2S/c1-14(2)15-10-12-16(13-11-15)21-19(23)22-18-9-7-6-8-17(18)20(3,4)5/h6-14H,1-5H3,(H2,21,22,23). The Kier molecular flexibility index (Phi) is 5.42. The van der Waals surface area contributed by atoms with Crippen LogP contribution in [0.2, 0.25) is 0 Å². The molecule has 2 N–H and O–H groups in total. The first kappa shape index (κ1) is 17.5. The van der Waals surface area contributed by atoms with Crippen molar-refractivity contribution in [2.24, 2.45) is 0 Å². The second kappa shape index (κ2) is 7.14. The highest BCUT2D eigenvalue weighted by Crippen LogP contribution is 2.29. The molecule has 0 saturated carbocycles. The number of hydrogen-bond donors (Lipinski definition) is 2. The van der Waals surface area contributed by atoms with E-state index in [1.165, 1.54) is 11.1 Å². The molecule has 0 aliphatic heterocycles. The maximum atomic E-state index is 5.46. The second-order valence-electron chi connectivity index (χ2n) is 7.15. The molecule has 122 valence electrons. The molecule has 0 amide bonds. The zero-order chi connectivity index (χ0) is 17.0. The fraction of sp³-hybridized carbons (Fsp3) is 0.350. The van der Waals surface area contributed by atoms with Gasteiger partial charge < -0.3 is 10.6 Å². The lowest BCUT2D eigenvalue weighted by Gasteiger charge is -2.23. The first-order valence-corrected chi connectivity index (χ1v) is 8.45. The van der Waals surface area contributed by atoms with E-state index in [2.05, 4.69) is 87.7 Å². The van der Waals surface area contributed by atoms with Gasteiger partial charge in [0.1, 0.15) is 0 Å². The number of hydrogen-bond acceptors (Lipinski definition) is 1. The third-order valence-corrected chi connectivity index (χ3v) is 4.02. The lowest BCUT2D eigenvalue weighted by molar-refractivity contribution is 0.592. The summed E-state index contributed by atoms with van der Waals surface area (Å²) < 4.78 is 0. The maximum Gasteiger partial charge on any atom is 0.175 e. The van der Waals surface area contributed by atoms with Crippen LogP contribution < -0.4 is 10.6 Å². The predicted octanol–water partition coefficient (Wildman–Crippen LogP) is 5.92. The van der Waals surface area contributed by atoms with Crippen molar-refractivity contribution in [3.05, 3.63) is 59.7 Å². The molecule has 0 aromatic heterocycles. The minimum absolute atomic E-state index is 0.0676. The van der Waals surface area contributed by atoms with E-state index in [0.29, 0.717) is 11.0 Å². The molecule has 0 fully saturated rings. The van der Waals surface area contributed by atoms with Gasteiger partial charge >= 0.3 is 0 Å². The van der Waals surface area contributed by atoms with Gasteiger partial charge in [-0.3, -0.25) is 0 Å². The van der Waals surface area contributed by atoms with Crippen molar-refractivity contribution in [2.75, 3.05) is 10.6 Å². The van der Waals surface area contributed by atoms with Crippen LogP contribution in [-0.4, -0.2) is 5.11 Å². The summed E-state index contributed by atoms with van der Waals surface area (Å²) in [6.45, 7) is 11.0. The van der Waals surface area contributed by atoms with Gasteiger partial charge in [0.15, 0.2) is 5.11 Å². The normalized spacial score (nSPS) is 11.4. The summed E-state index contributed by atoms with van der Waals surface area (Å²) in [6.07, 6.45) is 0. The number of benzene rings is 2. The SMILES string of the molecule is CC(C)c1ccc(NC(=S)Nc2ccccc2C(C)(C)C)cc1. The summed E-state index contributed by atoms with van der Waals surface area (Å²) in [5, 5.41) is 7.19. The van der Waals surface area contributed by atoms with E-state index in [1.807, 2.05) is 6.07 Å². The zero-order valence-electron chi connectivity index (χ0n) is 14.6. The summed E-state index contributed by atoms with van der Waals surface area (Å²) in [6, 6.07) is 16.7. The fourth-order valence-electron chi connectivity index (χ4n) is 2.48. The third-order valence-electron chi connectivity index (χ3n) is 3.82. The molecule has 0 bridgehead atoms. The number of anilines is 2. The third kappa shape index (κ3) is 4.80. The van der Waals surface area contributed by atoms with Crippen molar-refractivity contribution in [1.82, 2.24) is 0 Å². The Morgan fingerprint density at radius 1 is 0.913 bits per heavy atom. The van der Waals surface area contributed by atoms with Gasteiger partial charge in [-0.1, -0.05) is 65.0 Å². The maximum absolute atomic E-state index is 5.46. The summed E-state index contributed by atoms with van der Waals surface area (Å²) in [4.78, 5) is 0. The van der Waals surface area contributed by atoms with Crippen LogP contribution in [0.4, 0.5) is 11.4 Å². The van der Waals surface area contributed by atoms with Crippen LogP contribution in [0, 0.1) is 0 Å². The van der Waals surface area contributed by atoms with Gasteiger partial charge in [-0.2, -0.15) is 0 Å². The molecule has 2 aromatic rings. The molecule has 0 aliphatic carbocycles. The lowest BCUT2D eigenvalue weighted by Crippen LogP contribution is -2.22. The molecule has 0 radical (unpaired) electrons. The van der Waals surface area contributed by atoms with Crippen LogP contribution in [-0.2, 0) is 5.41 Å². The molecule has 3 heteroatoms. The first-order valence-electron chi connectivity index (χ1n) is 8.05. The van der Waals surface area contributed by atoms with Crippen LogP contribution in [0.3, 0.4) is 0 Å². The number of nitrogens with one attached hydrogen (secondary N) is 2. The summed E-state index contributed by atoms with van der Waals surface area (Å²) in [5.74, 6) is 0.535. The lowest BCUT2D eigenvalue weighted by atomic mass is 9.86. The van der Waals surface area contributed by atoms with Crippen LogP contribution in [0.25, 0.3) is 0 Å². The van der Waals surface area contributed by atoms with Crippen molar-refractivity contribution < 1.29 is 0 Å². The molecule has 0 aliphatic rings. The van der Waals surface area contributed by atoms with Gasteiger partial charge in [0.05, 0.1) is 0 Å². The molecule has 0 saturated heterocycles. The molecule has 2 nitrogen and oxygen atoms in total. The zero-order valence-corrected chi connectivity index (χ0v) is 15.4. The molecule has 0 heterocycles. The molecule has 23 heavy (non-hydrogen) atoms. The molecular formula is C20H26N2S. The van der Waals surface area contributed by atoms with Crippen LogP contribution in [0.1, 0.15) is 51.7 Å². The Hall–Kier alpha value is -1.87. The minimum Gasteiger partial charge on any atom is -0.332 e. The second-order valence-corrected chi connectivity index (χ2v) is 7.56. The van der Waals surface area contributed by atoms with E-state index in [9.17, 15) is 0 Å². The first-order chi connectivity index (χ1) is 10.8. The number of para-hydroxylation sites is 1. The molecule has 2 aromatic carbocycles. The van der Waals surface area contributed by atoms with Gasteiger partial charge in [0.25, 0.3) is 0 Å². The van der Waals surface area contributed by atoms with E-state index >= 15 is 0 Å². The van der Waals surface area contributed by atoms with Gasteiger partial charge in [-0.05, 0) is 52.9 Å². The molecular weight excluding hydrogens is 300 g/mol. The largest absolute Gasteiger partial charge is 0.332 e. The van der Waals surface area contributed by atoms with Crippen molar-refractivity contribution in [3.8, 4) is 0 Å². The van der Waals surface area contributed by atoms with Crippen molar-refractivity contribution in [1.29, 1.82) is 0 Å². The molecule has 0 atom stereocenters. The van der Waals surface area contributed by atoms with Gasteiger partial charge in [0, 0.05) is 11.4 Å². The van der Waals surface area contributed by atoms with E-state index in [4.69, 9.17) is 12.2 Å². The van der Waals surface area contributed by atoms with E-state index in [-0.39, 0.29) is 5.41 Å². The van der Waals surface area contributed by atoms with Crippen molar-refractivity contribution >= 4 is 28.7 Å². The number of rotatable bonds is 3. The molecule has 2 rings (SSSR count). The van der Waals surface area contributed by atoms with Gasteiger partial charge in [-0.15, -0.1) is 0 Å². The Bertz CT molecular complexity index is 667. The number of thiocarbonyl (C=S) groups is 1. The smallest absolute Gasteiger partial charge is 0.175 e. The topological polar surface area (TPSA) is 24.1 Å². The average Bonchev–Trinajstić information content (AvgIpc) is 2.47. The van der Waals surface area contributed by atoms with Crippen LogP contribution in [0.5, 0.6) is 0 Å². The highest BCUT2D eigenvalue weighted by Gasteiger charge is 2.17. The van der Waals surface area contributed by atoms with Gasteiger partial charge in [0.2, 0.25) is 0 Å². The van der Waals surface area contributed by atoms with Crippen molar-refractivity contribution in [2.45, 2.75) is 46.0 Å². The van der Waals surface area contributed by atoms with Crippen molar-refractivity contribution in [3.63, 3.8) is 0 Å². The predicted molar refractivity (Wildman–Crippen MR) is 106 cm³/mol. The Morgan fingerprint density at radius 2 is 1.52 bits per heavy atom. The summed E-state index contributed by atoms with van der Waals surface area (Å²) in [5.41, 5.74) is 4.70. The quantitative estimate of drug-likeness (QED) is 0.685. The van der Waals surface area contributed by atoms with Crippen LogP contribution in [0.15, 0.2) is 48.5 Å². The Labute approximate surface area is 145 Å². The highest BCUT2D eigenvalue weighted by molar-refractivity contribution is 7.80. The summed E-state index contributed by atoms with van der Waals surface area (Å²) >= 11 is 5.46. The fourth-order valence-corrected chi connectivity index (χ4v) is 2.71. The van der Waals surface area contributed by atoms with Crippen LogP contribution >= 0.6 is 12.2 Å².